The summed E-state index contributed by atoms with van der Waals surface area (Å²) in [5, 5.41) is 3.73. The number of methoxy groups -OCH3 is 1. The van der Waals surface area contributed by atoms with Crippen LogP contribution in [0.4, 0.5) is 8.78 Å². The second-order valence-electron chi connectivity index (χ2n) is 7.21. The molecule has 0 saturated carbocycles. The largest absolute Gasteiger partial charge is 0.489 e. The van der Waals surface area contributed by atoms with E-state index in [9.17, 15) is 8.78 Å². The lowest BCUT2D eigenvalue weighted by Crippen LogP contribution is -2.59. The third-order valence-corrected chi connectivity index (χ3v) is 5.20. The van der Waals surface area contributed by atoms with Gasteiger partial charge in [-0.05, 0) is 50.2 Å². The van der Waals surface area contributed by atoms with Gasteiger partial charge in [0.25, 0.3) is 5.92 Å². The number of hydrogen-bond donors (Lipinski definition) is 1. The smallest absolute Gasteiger partial charge is 0.280 e. The maximum absolute atomic E-state index is 14.4. The summed E-state index contributed by atoms with van der Waals surface area (Å²) in [5.74, 6) is -1.30. The van der Waals surface area contributed by atoms with E-state index in [0.29, 0.717) is 18.7 Å². The number of furan rings is 1. The number of allylic oxidation sites excluding steroid dienone is 2. The van der Waals surface area contributed by atoms with Crippen molar-refractivity contribution in [1.29, 1.82) is 0 Å². The van der Waals surface area contributed by atoms with Crippen molar-refractivity contribution in [2.45, 2.75) is 31.5 Å². The van der Waals surface area contributed by atoms with Crippen molar-refractivity contribution in [1.82, 2.24) is 10.2 Å². The molecule has 1 aromatic carbocycles. The maximum Gasteiger partial charge on any atom is 0.280 e. The van der Waals surface area contributed by atoms with Crippen LogP contribution in [0.1, 0.15) is 12.2 Å². The van der Waals surface area contributed by atoms with Crippen LogP contribution in [0.3, 0.4) is 0 Å². The molecule has 1 saturated heterocycles. The number of alkyl halides is 2. The lowest BCUT2D eigenvalue weighted by Gasteiger charge is -2.44. The molecule has 0 aliphatic carbocycles. The van der Waals surface area contributed by atoms with E-state index in [4.69, 9.17) is 13.9 Å². The number of fused-ring (bicyclic) bond motifs is 1. The molecule has 0 bridgehead atoms. The molecule has 1 fully saturated rings. The molecule has 2 aliphatic heterocycles. The standard InChI is InChI=1S/C21H24F2N2O3/c1-14-10-16-11-17(5-6-18(16)28-14)27-12-15-4-3-9-25(20(15)26-2)19-7-8-24-13-21(19,22)23/h3-6,9-11,19-20,24H,7-8,12-13H2,1-2H3. The zero-order chi connectivity index (χ0) is 19.7. The first kappa shape index (κ1) is 19.0. The van der Waals surface area contributed by atoms with Crippen molar-refractivity contribution in [2.75, 3.05) is 26.8 Å². The minimum absolute atomic E-state index is 0.248. The van der Waals surface area contributed by atoms with Crippen LogP contribution in [-0.2, 0) is 4.74 Å². The Labute approximate surface area is 162 Å². The van der Waals surface area contributed by atoms with Crippen LogP contribution in [0.2, 0.25) is 0 Å². The van der Waals surface area contributed by atoms with Gasteiger partial charge in [0.05, 0.1) is 12.6 Å². The summed E-state index contributed by atoms with van der Waals surface area (Å²) in [6.07, 6.45) is 5.09. The zero-order valence-electron chi connectivity index (χ0n) is 16.0. The first-order valence-electron chi connectivity index (χ1n) is 9.37. The predicted octanol–water partition coefficient (Wildman–Crippen LogP) is 3.85. The summed E-state index contributed by atoms with van der Waals surface area (Å²) in [7, 11) is 1.53. The minimum Gasteiger partial charge on any atom is -0.489 e. The van der Waals surface area contributed by atoms with Crippen molar-refractivity contribution in [3.8, 4) is 5.75 Å². The first-order valence-corrected chi connectivity index (χ1v) is 9.37. The van der Waals surface area contributed by atoms with Gasteiger partial charge in [0, 0.05) is 24.3 Å². The lowest BCUT2D eigenvalue weighted by molar-refractivity contribution is -0.122. The Kier molecular flexibility index (Phi) is 5.12. The number of halogens is 2. The van der Waals surface area contributed by atoms with Crippen LogP contribution in [0.5, 0.6) is 5.75 Å². The van der Waals surface area contributed by atoms with Crippen molar-refractivity contribution < 1.29 is 22.7 Å². The molecule has 5 nitrogen and oxygen atoms in total. The normalized spacial score (nSPS) is 24.4. The first-order chi connectivity index (χ1) is 13.5. The molecule has 150 valence electrons. The van der Waals surface area contributed by atoms with E-state index in [0.717, 1.165) is 22.3 Å². The average Bonchev–Trinajstić information content (AvgIpc) is 3.05. The molecule has 0 radical (unpaired) electrons. The summed E-state index contributed by atoms with van der Waals surface area (Å²) in [6.45, 7) is 2.38. The van der Waals surface area contributed by atoms with Crippen molar-refractivity contribution in [3.63, 3.8) is 0 Å². The second-order valence-corrected chi connectivity index (χ2v) is 7.21. The van der Waals surface area contributed by atoms with E-state index in [1.807, 2.05) is 37.3 Å². The number of nitrogens with zero attached hydrogens (tertiary/aromatic N) is 1. The average molecular weight is 390 g/mol. The molecule has 7 heteroatoms. The van der Waals surface area contributed by atoms with Gasteiger partial charge in [-0.2, -0.15) is 0 Å². The highest BCUT2D eigenvalue weighted by atomic mass is 19.3. The molecule has 0 spiro atoms. The third-order valence-electron chi connectivity index (χ3n) is 5.20. The molecule has 2 aliphatic rings. The van der Waals surface area contributed by atoms with Gasteiger partial charge in [-0.1, -0.05) is 6.08 Å². The Morgan fingerprint density at radius 3 is 2.96 bits per heavy atom. The van der Waals surface area contributed by atoms with Crippen LogP contribution in [0, 0.1) is 6.92 Å². The predicted molar refractivity (Wildman–Crippen MR) is 103 cm³/mol. The fourth-order valence-electron chi connectivity index (χ4n) is 3.88. The summed E-state index contributed by atoms with van der Waals surface area (Å²) in [5.41, 5.74) is 1.60. The third kappa shape index (κ3) is 3.64. The number of aryl methyl sites for hydroxylation is 1. The van der Waals surface area contributed by atoms with Gasteiger partial charge in [0.15, 0.2) is 6.23 Å². The number of piperidine rings is 1. The number of benzene rings is 1. The SMILES string of the molecule is COC1C(COc2ccc3oc(C)cc3c2)=CC=CN1C1CCNCC1(F)F. The Balaban J connectivity index is 1.48. The van der Waals surface area contributed by atoms with Gasteiger partial charge in [0.1, 0.15) is 23.7 Å². The second kappa shape index (κ2) is 7.56. The lowest BCUT2D eigenvalue weighted by atomic mass is 9.98. The number of nitrogens with one attached hydrogen (secondary N) is 1. The Hall–Kier alpha value is -2.38. The quantitative estimate of drug-likeness (QED) is 0.841. The zero-order valence-corrected chi connectivity index (χ0v) is 16.0. The Morgan fingerprint density at radius 1 is 1.32 bits per heavy atom. The Bertz CT molecular complexity index is 906. The molecule has 2 aromatic rings. The van der Waals surface area contributed by atoms with Crippen molar-refractivity contribution in [3.05, 3.63) is 54.0 Å². The summed E-state index contributed by atoms with van der Waals surface area (Å²) in [4.78, 5) is 1.61. The molecular weight excluding hydrogens is 366 g/mol. The summed E-state index contributed by atoms with van der Waals surface area (Å²) >= 11 is 0. The number of rotatable bonds is 5. The fraction of sp³-hybridized carbons (Fsp3) is 0.429. The molecule has 3 heterocycles. The van der Waals surface area contributed by atoms with E-state index < -0.39 is 18.2 Å². The van der Waals surface area contributed by atoms with Gasteiger partial charge in [-0.3, -0.25) is 0 Å². The summed E-state index contributed by atoms with van der Waals surface area (Å²) in [6, 6.07) is 6.65. The number of hydrogen-bond acceptors (Lipinski definition) is 5. The van der Waals surface area contributed by atoms with Crippen LogP contribution in [0.25, 0.3) is 11.0 Å². The molecular formula is C21H24F2N2O3. The van der Waals surface area contributed by atoms with Gasteiger partial charge < -0.3 is 24.1 Å². The highest BCUT2D eigenvalue weighted by molar-refractivity contribution is 5.79. The topological polar surface area (TPSA) is 46.9 Å². The highest BCUT2D eigenvalue weighted by Crippen LogP contribution is 2.33. The van der Waals surface area contributed by atoms with Crippen LogP contribution < -0.4 is 10.1 Å². The molecule has 0 amide bonds. The number of ether oxygens (including phenoxy) is 2. The summed E-state index contributed by atoms with van der Waals surface area (Å²) < 4.78 is 46.0. The monoisotopic (exact) mass is 390 g/mol. The van der Waals surface area contributed by atoms with Gasteiger partial charge in [0.2, 0.25) is 0 Å². The van der Waals surface area contributed by atoms with E-state index in [1.54, 1.807) is 17.2 Å². The highest BCUT2D eigenvalue weighted by Gasteiger charge is 2.46. The molecule has 1 N–H and O–H groups in total. The van der Waals surface area contributed by atoms with Gasteiger partial charge >= 0.3 is 0 Å². The van der Waals surface area contributed by atoms with E-state index >= 15 is 0 Å². The minimum atomic E-state index is -2.83. The van der Waals surface area contributed by atoms with E-state index in [2.05, 4.69) is 5.32 Å². The molecule has 28 heavy (non-hydrogen) atoms. The Morgan fingerprint density at radius 2 is 2.18 bits per heavy atom. The van der Waals surface area contributed by atoms with E-state index in [-0.39, 0.29) is 13.2 Å². The molecule has 2 atom stereocenters. The fourth-order valence-corrected chi connectivity index (χ4v) is 3.88. The molecule has 1 aromatic heterocycles. The van der Waals surface area contributed by atoms with Crippen LogP contribution in [-0.4, -0.2) is 49.9 Å². The van der Waals surface area contributed by atoms with Gasteiger partial charge in [-0.25, -0.2) is 8.78 Å². The van der Waals surface area contributed by atoms with Gasteiger partial charge in [-0.15, -0.1) is 0 Å². The van der Waals surface area contributed by atoms with Crippen LogP contribution >= 0.6 is 0 Å². The molecule has 2 unspecified atom stereocenters. The van der Waals surface area contributed by atoms with E-state index in [1.165, 1.54) is 7.11 Å². The van der Waals surface area contributed by atoms with Crippen LogP contribution in [0.15, 0.2) is 52.6 Å². The van der Waals surface area contributed by atoms with Crippen molar-refractivity contribution in [2.24, 2.45) is 0 Å². The molecule has 4 rings (SSSR count). The maximum atomic E-state index is 14.4. The van der Waals surface area contributed by atoms with Crippen molar-refractivity contribution >= 4 is 11.0 Å².